The number of benzene rings is 1. The average molecular weight is 309 g/mol. The van der Waals surface area contributed by atoms with E-state index in [1.54, 1.807) is 24.9 Å². The fraction of sp³-hybridized carbons (Fsp3) is 0.154. The minimum Gasteiger partial charge on any atom is -0.478 e. The van der Waals surface area contributed by atoms with E-state index in [-0.39, 0.29) is 10.6 Å². The lowest BCUT2D eigenvalue weighted by atomic mass is 10.2. The van der Waals surface area contributed by atoms with Gasteiger partial charge in [-0.25, -0.2) is 9.59 Å². The normalized spacial score (nSPS) is 10.2. The molecule has 3 N–H and O–H groups in total. The van der Waals surface area contributed by atoms with Gasteiger partial charge in [-0.2, -0.15) is 5.10 Å². The molecule has 21 heavy (non-hydrogen) atoms. The third-order valence-corrected chi connectivity index (χ3v) is 2.88. The van der Waals surface area contributed by atoms with Crippen molar-refractivity contribution in [3.05, 3.63) is 40.7 Å². The summed E-state index contributed by atoms with van der Waals surface area (Å²) >= 11 is 5.82. The number of carboxylic acid groups (broad SMARTS) is 1. The van der Waals surface area contributed by atoms with Crippen molar-refractivity contribution in [3.63, 3.8) is 0 Å². The van der Waals surface area contributed by atoms with Gasteiger partial charge in [-0.15, -0.1) is 0 Å². The molecule has 2 amide bonds. The first kappa shape index (κ1) is 14.9. The first-order valence-electron chi connectivity index (χ1n) is 5.97. The largest absolute Gasteiger partial charge is 0.478 e. The van der Waals surface area contributed by atoms with E-state index in [1.807, 2.05) is 0 Å². The van der Waals surface area contributed by atoms with Gasteiger partial charge in [0.25, 0.3) is 0 Å². The maximum absolute atomic E-state index is 11.9. The van der Waals surface area contributed by atoms with Crippen LogP contribution in [0, 0.1) is 6.92 Å². The van der Waals surface area contributed by atoms with Gasteiger partial charge in [-0.1, -0.05) is 11.6 Å². The van der Waals surface area contributed by atoms with Gasteiger partial charge in [0.2, 0.25) is 0 Å². The number of urea groups is 1. The van der Waals surface area contributed by atoms with Crippen molar-refractivity contribution >= 4 is 35.0 Å². The summed E-state index contributed by atoms with van der Waals surface area (Å²) in [5.74, 6) is -1.12. The number of aromatic carboxylic acids is 1. The van der Waals surface area contributed by atoms with Crippen LogP contribution in [0.3, 0.4) is 0 Å². The van der Waals surface area contributed by atoms with Crippen molar-refractivity contribution in [1.82, 2.24) is 9.78 Å². The fourth-order valence-corrected chi connectivity index (χ4v) is 2.03. The molecule has 0 saturated heterocycles. The van der Waals surface area contributed by atoms with Crippen molar-refractivity contribution in [2.24, 2.45) is 7.05 Å². The summed E-state index contributed by atoms with van der Waals surface area (Å²) < 4.78 is 1.58. The van der Waals surface area contributed by atoms with Crippen molar-refractivity contribution < 1.29 is 14.7 Å². The van der Waals surface area contributed by atoms with E-state index in [0.29, 0.717) is 17.1 Å². The highest BCUT2D eigenvalue weighted by Gasteiger charge is 2.10. The number of nitrogens with zero attached hydrogens (tertiary/aromatic N) is 2. The number of aromatic nitrogens is 2. The van der Waals surface area contributed by atoms with Crippen LogP contribution < -0.4 is 10.6 Å². The minimum absolute atomic E-state index is 0.00430. The Hall–Kier alpha value is -2.54. The van der Waals surface area contributed by atoms with Crippen LogP contribution in [0.2, 0.25) is 5.02 Å². The Morgan fingerprint density at radius 1 is 1.29 bits per heavy atom. The first-order valence-corrected chi connectivity index (χ1v) is 6.35. The molecule has 0 bridgehead atoms. The van der Waals surface area contributed by atoms with E-state index in [4.69, 9.17) is 16.7 Å². The number of halogens is 1. The predicted octanol–water partition coefficient (Wildman–Crippen LogP) is 2.72. The molecule has 0 saturated carbocycles. The molecular weight excluding hydrogens is 296 g/mol. The molecule has 7 nitrogen and oxygen atoms in total. The van der Waals surface area contributed by atoms with E-state index in [0.717, 1.165) is 0 Å². The van der Waals surface area contributed by atoms with E-state index in [9.17, 15) is 9.59 Å². The molecule has 1 aromatic heterocycles. The molecular formula is C13H13ClN4O3. The number of hydrogen-bond donors (Lipinski definition) is 3. The summed E-state index contributed by atoms with van der Waals surface area (Å²) in [6, 6.07) is 3.58. The van der Waals surface area contributed by atoms with Gasteiger partial charge in [-0.05, 0) is 25.1 Å². The van der Waals surface area contributed by atoms with Crippen LogP contribution in [-0.2, 0) is 7.05 Å². The molecule has 110 valence electrons. The van der Waals surface area contributed by atoms with Gasteiger partial charge in [0.05, 0.1) is 16.9 Å². The lowest BCUT2D eigenvalue weighted by Crippen LogP contribution is -2.19. The minimum atomic E-state index is -1.12. The van der Waals surface area contributed by atoms with Crippen LogP contribution >= 0.6 is 11.6 Å². The number of nitrogens with one attached hydrogen (secondary N) is 2. The zero-order chi connectivity index (χ0) is 15.6. The van der Waals surface area contributed by atoms with Crippen LogP contribution in [0.5, 0.6) is 0 Å². The molecule has 0 unspecified atom stereocenters. The SMILES string of the molecule is Cc1nn(C)cc1NC(=O)Nc1cc(Cl)cc(C(=O)O)c1. The Labute approximate surface area is 125 Å². The highest BCUT2D eigenvalue weighted by molar-refractivity contribution is 6.31. The molecule has 2 rings (SSSR count). The highest BCUT2D eigenvalue weighted by atomic mass is 35.5. The second kappa shape index (κ2) is 5.84. The smallest absolute Gasteiger partial charge is 0.335 e. The topological polar surface area (TPSA) is 96.3 Å². The Kier molecular flexibility index (Phi) is 4.13. The summed E-state index contributed by atoms with van der Waals surface area (Å²) in [6.07, 6.45) is 1.66. The standard InChI is InChI=1S/C13H13ClN4O3/c1-7-11(6-18(2)17-7)16-13(21)15-10-4-8(12(19)20)3-9(14)5-10/h3-6H,1-2H3,(H,19,20)(H2,15,16,21). The van der Waals surface area contributed by atoms with Crippen molar-refractivity contribution in [1.29, 1.82) is 0 Å². The molecule has 0 spiro atoms. The Morgan fingerprint density at radius 3 is 2.57 bits per heavy atom. The van der Waals surface area contributed by atoms with Crippen molar-refractivity contribution in [2.45, 2.75) is 6.92 Å². The Morgan fingerprint density at radius 2 is 2.00 bits per heavy atom. The average Bonchev–Trinajstić information content (AvgIpc) is 2.66. The number of amides is 2. The van der Waals surface area contributed by atoms with Crippen LogP contribution in [0.15, 0.2) is 24.4 Å². The van der Waals surface area contributed by atoms with E-state index < -0.39 is 12.0 Å². The van der Waals surface area contributed by atoms with Crippen molar-refractivity contribution in [3.8, 4) is 0 Å². The summed E-state index contributed by atoms with van der Waals surface area (Å²) in [5.41, 5.74) is 1.52. The Balaban J connectivity index is 2.12. The molecule has 1 aromatic carbocycles. The molecule has 0 aliphatic rings. The fourth-order valence-electron chi connectivity index (χ4n) is 1.79. The summed E-state index contributed by atoms with van der Waals surface area (Å²) in [7, 11) is 1.74. The lowest BCUT2D eigenvalue weighted by Gasteiger charge is -2.08. The van der Waals surface area contributed by atoms with Gasteiger partial charge >= 0.3 is 12.0 Å². The number of rotatable bonds is 3. The lowest BCUT2D eigenvalue weighted by molar-refractivity contribution is 0.0697. The number of carbonyl (C=O) groups excluding carboxylic acids is 1. The molecule has 0 atom stereocenters. The molecule has 0 fully saturated rings. The first-order chi connectivity index (χ1) is 9.85. The zero-order valence-corrected chi connectivity index (χ0v) is 12.1. The van der Waals surface area contributed by atoms with Crippen LogP contribution in [0.25, 0.3) is 0 Å². The van der Waals surface area contributed by atoms with Gasteiger partial charge in [0.15, 0.2) is 0 Å². The molecule has 0 aliphatic carbocycles. The third kappa shape index (κ3) is 3.73. The number of carboxylic acids is 1. The summed E-state index contributed by atoms with van der Waals surface area (Å²) in [4.78, 5) is 22.8. The zero-order valence-electron chi connectivity index (χ0n) is 11.3. The van der Waals surface area contributed by atoms with Crippen LogP contribution in [0.1, 0.15) is 16.1 Å². The molecule has 0 aliphatic heterocycles. The van der Waals surface area contributed by atoms with E-state index in [2.05, 4.69) is 15.7 Å². The van der Waals surface area contributed by atoms with Crippen LogP contribution in [0.4, 0.5) is 16.2 Å². The number of hydrogen-bond acceptors (Lipinski definition) is 3. The summed E-state index contributed by atoms with van der Waals surface area (Å²) in [6.45, 7) is 1.76. The number of anilines is 2. The number of aryl methyl sites for hydroxylation is 2. The second-order valence-corrected chi connectivity index (χ2v) is 4.85. The highest BCUT2D eigenvalue weighted by Crippen LogP contribution is 2.20. The quantitative estimate of drug-likeness (QED) is 0.812. The van der Waals surface area contributed by atoms with E-state index in [1.165, 1.54) is 18.2 Å². The monoisotopic (exact) mass is 308 g/mol. The maximum Gasteiger partial charge on any atom is 0.335 e. The van der Waals surface area contributed by atoms with Crippen LogP contribution in [-0.4, -0.2) is 26.9 Å². The predicted molar refractivity (Wildman–Crippen MR) is 79.0 cm³/mol. The van der Waals surface area contributed by atoms with Gasteiger partial charge in [-0.3, -0.25) is 4.68 Å². The third-order valence-electron chi connectivity index (χ3n) is 2.66. The van der Waals surface area contributed by atoms with Gasteiger partial charge in [0.1, 0.15) is 0 Å². The van der Waals surface area contributed by atoms with Gasteiger partial charge in [0, 0.05) is 24.0 Å². The van der Waals surface area contributed by atoms with Crippen molar-refractivity contribution in [2.75, 3.05) is 10.6 Å². The molecule has 2 aromatic rings. The Bertz CT molecular complexity index is 711. The molecule has 0 radical (unpaired) electrons. The maximum atomic E-state index is 11.9. The second-order valence-electron chi connectivity index (χ2n) is 4.41. The van der Waals surface area contributed by atoms with E-state index >= 15 is 0 Å². The summed E-state index contributed by atoms with van der Waals surface area (Å²) in [5, 5.41) is 18.4. The molecule has 1 heterocycles. The molecule has 8 heteroatoms. The number of carbonyl (C=O) groups is 2. The van der Waals surface area contributed by atoms with Gasteiger partial charge < -0.3 is 15.7 Å².